The minimum Gasteiger partial charge on any atom is -0.496 e. The topological polar surface area (TPSA) is 84.7 Å². The lowest BCUT2D eigenvalue weighted by molar-refractivity contribution is -0.384. The third-order valence-electron chi connectivity index (χ3n) is 3.25. The predicted octanol–water partition coefficient (Wildman–Crippen LogP) is 1.04. The SMILES string of the molecule is COc1cc([N+](=O)[O-])ccc1C(=O)N1CCCNCC1. The lowest BCUT2D eigenvalue weighted by atomic mass is 10.1. The molecule has 0 radical (unpaired) electrons. The van der Waals surface area contributed by atoms with Gasteiger partial charge < -0.3 is 15.0 Å². The van der Waals surface area contributed by atoms with Gasteiger partial charge in [-0.3, -0.25) is 14.9 Å². The quantitative estimate of drug-likeness (QED) is 0.660. The third kappa shape index (κ3) is 3.05. The second kappa shape index (κ2) is 6.33. The molecule has 108 valence electrons. The molecule has 0 unspecified atom stereocenters. The number of ether oxygens (including phenoxy) is 1. The molecule has 0 spiro atoms. The molecule has 0 bridgehead atoms. The van der Waals surface area contributed by atoms with Crippen molar-refractivity contribution in [2.24, 2.45) is 0 Å². The molecule has 1 aromatic carbocycles. The minimum atomic E-state index is -0.507. The Hall–Kier alpha value is -2.15. The zero-order valence-corrected chi connectivity index (χ0v) is 11.3. The van der Waals surface area contributed by atoms with Crippen molar-refractivity contribution in [2.45, 2.75) is 6.42 Å². The summed E-state index contributed by atoms with van der Waals surface area (Å²) in [5.74, 6) is 0.0851. The van der Waals surface area contributed by atoms with Gasteiger partial charge in [0.25, 0.3) is 11.6 Å². The number of amides is 1. The molecular weight excluding hydrogens is 262 g/mol. The summed E-state index contributed by atoms with van der Waals surface area (Å²) in [4.78, 5) is 24.4. The first-order chi connectivity index (χ1) is 9.63. The summed E-state index contributed by atoms with van der Waals surface area (Å²) < 4.78 is 5.11. The Morgan fingerprint density at radius 2 is 2.20 bits per heavy atom. The summed E-state index contributed by atoms with van der Waals surface area (Å²) in [5.41, 5.74) is 0.274. The van der Waals surface area contributed by atoms with Crippen LogP contribution in [0.15, 0.2) is 18.2 Å². The average Bonchev–Trinajstić information content (AvgIpc) is 2.74. The summed E-state index contributed by atoms with van der Waals surface area (Å²) in [5, 5.41) is 14.0. The van der Waals surface area contributed by atoms with Gasteiger partial charge in [-0.1, -0.05) is 0 Å². The van der Waals surface area contributed by atoms with Gasteiger partial charge in [0.15, 0.2) is 0 Å². The zero-order chi connectivity index (χ0) is 14.5. The van der Waals surface area contributed by atoms with Gasteiger partial charge in [-0.05, 0) is 19.0 Å². The van der Waals surface area contributed by atoms with Gasteiger partial charge in [0, 0.05) is 25.7 Å². The monoisotopic (exact) mass is 279 g/mol. The zero-order valence-electron chi connectivity index (χ0n) is 11.3. The fraction of sp³-hybridized carbons (Fsp3) is 0.462. The third-order valence-corrected chi connectivity index (χ3v) is 3.25. The van der Waals surface area contributed by atoms with Gasteiger partial charge in [0.1, 0.15) is 5.75 Å². The molecule has 7 nitrogen and oxygen atoms in total. The highest BCUT2D eigenvalue weighted by Crippen LogP contribution is 2.25. The fourth-order valence-corrected chi connectivity index (χ4v) is 2.19. The lowest BCUT2D eigenvalue weighted by Crippen LogP contribution is -2.34. The molecule has 0 atom stereocenters. The van der Waals surface area contributed by atoms with Crippen molar-refractivity contribution in [3.05, 3.63) is 33.9 Å². The molecule has 1 aliphatic heterocycles. The summed E-state index contributed by atoms with van der Waals surface area (Å²) in [6.07, 6.45) is 0.890. The number of nitro groups is 1. The molecule has 1 fully saturated rings. The van der Waals surface area contributed by atoms with Gasteiger partial charge in [0.05, 0.1) is 23.7 Å². The standard InChI is InChI=1S/C13H17N3O4/c1-20-12-9-10(16(18)19)3-4-11(12)13(17)15-7-2-5-14-6-8-15/h3-4,9,14H,2,5-8H2,1H3. The van der Waals surface area contributed by atoms with Crippen LogP contribution in [0.3, 0.4) is 0 Å². The molecule has 1 heterocycles. The number of hydrogen-bond donors (Lipinski definition) is 1. The molecule has 0 aliphatic carbocycles. The van der Waals surface area contributed by atoms with Crippen molar-refractivity contribution in [1.29, 1.82) is 0 Å². The van der Waals surface area contributed by atoms with Crippen molar-refractivity contribution < 1.29 is 14.5 Å². The Morgan fingerprint density at radius 1 is 1.40 bits per heavy atom. The number of methoxy groups -OCH3 is 1. The molecule has 0 saturated carbocycles. The van der Waals surface area contributed by atoms with Gasteiger partial charge in [0.2, 0.25) is 0 Å². The highest BCUT2D eigenvalue weighted by atomic mass is 16.6. The van der Waals surface area contributed by atoms with Crippen LogP contribution in [-0.2, 0) is 0 Å². The number of nitrogens with zero attached hydrogens (tertiary/aromatic N) is 2. The average molecular weight is 279 g/mol. The maximum absolute atomic E-state index is 12.5. The minimum absolute atomic E-state index is 0.0871. The molecule has 0 aromatic heterocycles. The number of carbonyl (C=O) groups is 1. The van der Waals surface area contributed by atoms with Crippen LogP contribution in [0.1, 0.15) is 16.8 Å². The van der Waals surface area contributed by atoms with E-state index in [0.29, 0.717) is 18.7 Å². The summed E-state index contributed by atoms with van der Waals surface area (Å²) in [7, 11) is 1.40. The van der Waals surface area contributed by atoms with E-state index in [1.54, 1.807) is 4.90 Å². The largest absolute Gasteiger partial charge is 0.496 e. The van der Waals surface area contributed by atoms with Crippen molar-refractivity contribution >= 4 is 11.6 Å². The molecule has 1 aromatic rings. The second-order valence-electron chi connectivity index (χ2n) is 4.54. The van der Waals surface area contributed by atoms with Crippen LogP contribution in [-0.4, -0.2) is 49.0 Å². The molecule has 1 amide bonds. The molecular formula is C13H17N3O4. The molecule has 1 N–H and O–H groups in total. The van der Waals surface area contributed by atoms with E-state index in [2.05, 4.69) is 5.32 Å². The van der Waals surface area contributed by atoms with E-state index in [9.17, 15) is 14.9 Å². The number of non-ortho nitro benzene ring substituents is 1. The molecule has 1 aliphatic rings. The first kappa shape index (κ1) is 14.3. The summed E-state index contributed by atoms with van der Waals surface area (Å²) in [6.45, 7) is 2.94. The van der Waals surface area contributed by atoms with Crippen LogP contribution in [0, 0.1) is 10.1 Å². The maximum Gasteiger partial charge on any atom is 0.273 e. The second-order valence-corrected chi connectivity index (χ2v) is 4.54. The molecule has 2 rings (SSSR count). The van der Waals surface area contributed by atoms with E-state index in [-0.39, 0.29) is 17.3 Å². The molecule has 1 saturated heterocycles. The van der Waals surface area contributed by atoms with Gasteiger partial charge >= 0.3 is 0 Å². The van der Waals surface area contributed by atoms with Crippen LogP contribution in [0.25, 0.3) is 0 Å². The van der Waals surface area contributed by atoms with Gasteiger partial charge in [-0.2, -0.15) is 0 Å². The fourth-order valence-electron chi connectivity index (χ4n) is 2.19. The number of hydrogen-bond acceptors (Lipinski definition) is 5. The Morgan fingerprint density at radius 3 is 2.90 bits per heavy atom. The van der Waals surface area contributed by atoms with Crippen LogP contribution in [0.5, 0.6) is 5.75 Å². The number of benzene rings is 1. The van der Waals surface area contributed by atoms with E-state index in [0.717, 1.165) is 19.5 Å². The number of rotatable bonds is 3. The van der Waals surface area contributed by atoms with Crippen LogP contribution < -0.4 is 10.1 Å². The summed E-state index contributed by atoms with van der Waals surface area (Å²) >= 11 is 0. The van der Waals surface area contributed by atoms with Crippen LogP contribution in [0.2, 0.25) is 0 Å². The predicted molar refractivity (Wildman–Crippen MR) is 73.0 cm³/mol. The van der Waals surface area contributed by atoms with E-state index < -0.39 is 4.92 Å². The normalized spacial score (nSPS) is 15.6. The van der Waals surface area contributed by atoms with E-state index in [1.807, 2.05) is 0 Å². The Labute approximate surface area is 116 Å². The summed E-state index contributed by atoms with van der Waals surface area (Å²) in [6, 6.07) is 4.06. The smallest absolute Gasteiger partial charge is 0.273 e. The van der Waals surface area contributed by atoms with E-state index in [4.69, 9.17) is 4.74 Å². The molecule has 20 heavy (non-hydrogen) atoms. The number of nitro benzene ring substituents is 1. The van der Waals surface area contributed by atoms with E-state index >= 15 is 0 Å². The number of carbonyl (C=O) groups excluding carboxylic acids is 1. The highest BCUT2D eigenvalue weighted by Gasteiger charge is 2.22. The van der Waals surface area contributed by atoms with Gasteiger partial charge in [-0.25, -0.2) is 0 Å². The Bertz CT molecular complexity index is 510. The Balaban J connectivity index is 2.26. The first-order valence-corrected chi connectivity index (χ1v) is 6.46. The first-order valence-electron chi connectivity index (χ1n) is 6.46. The van der Waals surface area contributed by atoms with Crippen LogP contribution in [0.4, 0.5) is 5.69 Å². The van der Waals surface area contributed by atoms with Crippen molar-refractivity contribution in [2.75, 3.05) is 33.3 Å². The molecule has 7 heteroatoms. The number of nitrogens with one attached hydrogen (secondary N) is 1. The van der Waals surface area contributed by atoms with E-state index in [1.165, 1.54) is 25.3 Å². The van der Waals surface area contributed by atoms with Crippen molar-refractivity contribution in [3.8, 4) is 5.75 Å². The maximum atomic E-state index is 12.5. The lowest BCUT2D eigenvalue weighted by Gasteiger charge is -2.21. The van der Waals surface area contributed by atoms with Crippen LogP contribution >= 0.6 is 0 Å². The van der Waals surface area contributed by atoms with Gasteiger partial charge in [-0.15, -0.1) is 0 Å². The highest BCUT2D eigenvalue weighted by molar-refractivity contribution is 5.97. The van der Waals surface area contributed by atoms with Crippen molar-refractivity contribution in [3.63, 3.8) is 0 Å². The Kier molecular flexibility index (Phi) is 4.52. The van der Waals surface area contributed by atoms with Crippen molar-refractivity contribution in [1.82, 2.24) is 10.2 Å².